The van der Waals surface area contributed by atoms with Crippen molar-refractivity contribution in [3.8, 4) is 0 Å². The maximum absolute atomic E-state index is 11.0. The highest BCUT2D eigenvalue weighted by Gasteiger charge is 2.49. The van der Waals surface area contributed by atoms with Crippen molar-refractivity contribution in [1.29, 1.82) is 0 Å². The summed E-state index contributed by atoms with van der Waals surface area (Å²) < 4.78 is 41.5. The van der Waals surface area contributed by atoms with E-state index < -0.39 is 260 Å². The first-order chi connectivity index (χ1) is 37.2. The van der Waals surface area contributed by atoms with Gasteiger partial charge >= 0.3 is 0 Å². The average Bonchev–Trinajstić information content (AvgIpc) is 3.44. The molecule has 0 aliphatic carbocycles. The molecule has 1 fully saturated rings. The SMILES string of the molecule is [N-]=[N+]=NCCC1OC(O)/C(O)=C(\O)C(CCO)OC(O)/C(O)=C(/O)C(CCO)OC2OC(CO)C(OC(O)/C(O)=C(\O)C(CCO)OC(O)C(O)C(O)C(CCO)OC(O)C(O)C(O)C(CCO)OC(O)C(O)=C1O)C(O)C2O. The Morgan fingerprint density at radius 2 is 0.696 bits per heavy atom. The van der Waals surface area contributed by atoms with Gasteiger partial charge in [0.05, 0.1) is 18.8 Å². The summed E-state index contributed by atoms with van der Waals surface area (Å²) in [4.78, 5) is 2.46. The summed E-state index contributed by atoms with van der Waals surface area (Å²) in [5, 5.41) is 279. The Hall–Kier alpha value is -4.37. The van der Waals surface area contributed by atoms with E-state index in [4.69, 9.17) is 43.4 Å². The van der Waals surface area contributed by atoms with Crippen LogP contribution in [0.4, 0.5) is 0 Å². The van der Waals surface area contributed by atoms with E-state index >= 15 is 0 Å². The molecule has 37 heteroatoms. The molecule has 3 rings (SSSR count). The van der Waals surface area contributed by atoms with Crippen molar-refractivity contribution >= 4 is 0 Å². The minimum Gasteiger partial charge on any atom is -0.506 e. The lowest BCUT2D eigenvalue weighted by Gasteiger charge is -2.43. The van der Waals surface area contributed by atoms with E-state index in [9.17, 15) is 133 Å². The third-order valence-electron chi connectivity index (χ3n) is 11.7. The summed E-state index contributed by atoms with van der Waals surface area (Å²) >= 11 is 0. The second-order valence-electron chi connectivity index (χ2n) is 17.2. The quantitative estimate of drug-likeness (QED) is 0.0436. The molecule has 0 aromatic heterocycles. The number of hydrogen-bond donors (Lipinski definition) is 26. The number of azide groups is 1. The highest BCUT2D eigenvalue weighted by atomic mass is 16.7. The van der Waals surface area contributed by atoms with Gasteiger partial charge in [-0.25, -0.2) is 0 Å². The zero-order chi connectivity index (χ0) is 60.0. The van der Waals surface area contributed by atoms with Crippen molar-refractivity contribution in [2.24, 2.45) is 5.11 Å². The van der Waals surface area contributed by atoms with Crippen LogP contribution in [0.1, 0.15) is 38.5 Å². The van der Waals surface area contributed by atoms with Crippen LogP contribution in [0.5, 0.6) is 0 Å². The molecule has 0 aromatic carbocycles. The third-order valence-corrected chi connectivity index (χ3v) is 11.7. The molecule has 3 aliphatic rings. The molecular weight excluding hydrogens is 1090 g/mol. The Kier molecular flexibility index (Phi) is 31.2. The predicted molar refractivity (Wildman–Crippen MR) is 248 cm³/mol. The molecule has 0 saturated carbocycles. The van der Waals surface area contributed by atoms with Gasteiger partial charge in [0, 0.05) is 63.8 Å². The van der Waals surface area contributed by atoms with E-state index in [2.05, 4.69) is 10.0 Å². The molecule has 3 heterocycles. The first-order valence-electron chi connectivity index (χ1n) is 23.8. The lowest BCUT2D eigenvalue weighted by molar-refractivity contribution is -0.329. The predicted octanol–water partition coefficient (Wildman–Crippen LogP) is -7.59. The molecule has 0 radical (unpaired) electrons. The molecule has 21 atom stereocenters. The zero-order valence-electron chi connectivity index (χ0n) is 41.6. The molecule has 26 N–H and O–H groups in total. The molecule has 2 bridgehead atoms. The zero-order valence-corrected chi connectivity index (χ0v) is 41.6. The van der Waals surface area contributed by atoms with Crippen LogP contribution in [0.3, 0.4) is 0 Å². The van der Waals surface area contributed by atoms with Crippen LogP contribution in [-0.4, -0.2) is 308 Å². The molecule has 1 saturated heterocycles. The van der Waals surface area contributed by atoms with Crippen molar-refractivity contribution in [3.05, 3.63) is 56.5 Å². The van der Waals surface area contributed by atoms with E-state index in [1.807, 2.05) is 0 Å². The molecule has 460 valence electrons. The largest absolute Gasteiger partial charge is 0.506 e. The van der Waals surface area contributed by atoms with Gasteiger partial charge in [0.2, 0.25) is 25.2 Å². The van der Waals surface area contributed by atoms with Gasteiger partial charge in [-0.3, -0.25) is 0 Å². The molecule has 79 heavy (non-hydrogen) atoms. The number of fused-ring (bicyclic) bond motifs is 28. The van der Waals surface area contributed by atoms with Crippen LogP contribution in [0.2, 0.25) is 0 Å². The molecule has 0 amide bonds. The Morgan fingerprint density at radius 3 is 1.10 bits per heavy atom. The minimum atomic E-state index is -2.87. The summed E-state index contributed by atoms with van der Waals surface area (Å²) in [5.41, 5.74) is 8.80. The van der Waals surface area contributed by atoms with Crippen LogP contribution >= 0.6 is 0 Å². The Labute approximate surface area is 446 Å². The topological polar surface area (TPSA) is 649 Å². The summed E-state index contributed by atoms with van der Waals surface area (Å²) in [6.45, 7) is -6.66. The van der Waals surface area contributed by atoms with Crippen LogP contribution in [0.15, 0.2) is 51.2 Å². The Morgan fingerprint density at radius 1 is 0.342 bits per heavy atom. The summed E-state index contributed by atoms with van der Waals surface area (Å²) in [6, 6.07) is 0. The van der Waals surface area contributed by atoms with Crippen molar-refractivity contribution < 1.29 is 171 Å². The highest BCUT2D eigenvalue weighted by molar-refractivity contribution is 5.13. The van der Waals surface area contributed by atoms with Gasteiger partial charge in [0.1, 0.15) is 73.2 Å². The molecular formula is C42H73N3O34. The van der Waals surface area contributed by atoms with Crippen molar-refractivity contribution in [2.75, 3.05) is 46.2 Å². The second-order valence-corrected chi connectivity index (χ2v) is 17.2. The summed E-state index contributed by atoms with van der Waals surface area (Å²) in [5.74, 6) is -12.6. The van der Waals surface area contributed by atoms with Crippen LogP contribution in [0.25, 0.3) is 10.4 Å². The fraction of sp³-hybridized carbons (Fsp3) is 0.810. The monoisotopic (exact) mass is 1160 g/mol. The van der Waals surface area contributed by atoms with Crippen molar-refractivity contribution in [3.63, 3.8) is 0 Å². The van der Waals surface area contributed by atoms with E-state index in [0.717, 1.165) is 0 Å². The average molecular weight is 1160 g/mol. The smallest absolute Gasteiger partial charge is 0.218 e. The van der Waals surface area contributed by atoms with Gasteiger partial charge in [-0.2, -0.15) is 0 Å². The number of rotatable bonds is 14. The van der Waals surface area contributed by atoms with Gasteiger partial charge in [0.25, 0.3) is 0 Å². The lowest BCUT2D eigenvalue weighted by Crippen LogP contribution is -2.61. The van der Waals surface area contributed by atoms with Gasteiger partial charge in [-0.15, -0.1) is 0 Å². The molecule has 3 aliphatic heterocycles. The van der Waals surface area contributed by atoms with Crippen LogP contribution in [0, 0.1) is 0 Å². The first kappa shape index (κ1) is 70.7. The number of ether oxygens (including phenoxy) is 8. The van der Waals surface area contributed by atoms with Gasteiger partial charge in [0.15, 0.2) is 64.9 Å². The maximum Gasteiger partial charge on any atom is 0.218 e. The van der Waals surface area contributed by atoms with Crippen molar-refractivity contribution in [1.82, 2.24) is 0 Å². The normalized spacial score (nSPS) is 40.6. The number of aliphatic hydroxyl groups is 26. The second kappa shape index (κ2) is 34.8. The van der Waals surface area contributed by atoms with E-state index in [1.165, 1.54) is 0 Å². The first-order valence-corrected chi connectivity index (χ1v) is 23.8. The molecule has 0 aromatic rings. The Balaban J connectivity index is 2.83. The minimum absolute atomic E-state index is 0.675. The molecule has 21 unspecified atom stereocenters. The summed E-state index contributed by atoms with van der Waals surface area (Å²) in [7, 11) is 0. The fourth-order valence-electron chi connectivity index (χ4n) is 7.37. The summed E-state index contributed by atoms with van der Waals surface area (Å²) in [6.07, 6.45) is -55.8. The van der Waals surface area contributed by atoms with Gasteiger partial charge < -0.3 is 171 Å². The Bertz CT molecular complexity index is 1980. The number of aliphatic hydroxyl groups excluding tert-OH is 26. The van der Waals surface area contributed by atoms with Gasteiger partial charge in [-0.05, 0) is 24.8 Å². The lowest BCUT2D eigenvalue weighted by atomic mass is 9.98. The van der Waals surface area contributed by atoms with Crippen LogP contribution in [-0.2, 0) is 37.9 Å². The van der Waals surface area contributed by atoms with E-state index in [1.54, 1.807) is 0 Å². The molecule has 0 spiro atoms. The molecule has 37 nitrogen and oxygen atoms in total. The maximum atomic E-state index is 11.0. The highest BCUT2D eigenvalue weighted by Crippen LogP contribution is 2.31. The number of hydrogen-bond acceptors (Lipinski definition) is 35. The van der Waals surface area contributed by atoms with Gasteiger partial charge in [-0.1, -0.05) is 5.11 Å². The standard InChI is InChI=1S/C42H73N3O34/c43-45-44-7-1-14-21(52)28(59)37(67)73-16(3-9-47)23(54)30(61)38(68)74-17(4-10-48)24(55)31(62)39(69)76-18(5-11-49)25(56)33(64)41(71)79-35-20(13-51)78-42(34(65)27(35)58)77-19(6-12-50)26(57)32(63)40(70)75-15(2-8-46)22(53)29(60)36(66)72-14/h14-20,23-24,27,30-31,34-42,46-71H,1-13H2/b28-21?,29-22+,32-26-,33-25+. The fourth-order valence-corrected chi connectivity index (χ4v) is 7.37. The number of nitrogens with zero attached hydrogens (tertiary/aromatic N) is 3. The third kappa shape index (κ3) is 19.9. The van der Waals surface area contributed by atoms with E-state index in [-0.39, 0.29) is 0 Å². The van der Waals surface area contributed by atoms with E-state index in [0.29, 0.717) is 0 Å². The van der Waals surface area contributed by atoms with Crippen molar-refractivity contribution in [2.45, 2.75) is 168 Å². The van der Waals surface area contributed by atoms with Crippen LogP contribution < -0.4 is 0 Å².